The molecule has 0 saturated carbocycles. The summed E-state index contributed by atoms with van der Waals surface area (Å²) in [7, 11) is 0. The molecular formula is C78H46N4. The zero-order chi connectivity index (χ0) is 53.3. The predicted octanol–water partition coefficient (Wildman–Crippen LogP) is 20.8. The fourth-order valence-electron chi connectivity index (χ4n) is 15.0. The highest BCUT2D eigenvalue weighted by molar-refractivity contribution is 6.39. The lowest BCUT2D eigenvalue weighted by molar-refractivity contribution is 1.18. The molecule has 0 spiro atoms. The minimum atomic E-state index is 1.16. The Morgan fingerprint density at radius 2 is 0.537 bits per heavy atom. The van der Waals surface area contributed by atoms with Gasteiger partial charge in [-0.15, -0.1) is 0 Å². The van der Waals surface area contributed by atoms with E-state index in [4.69, 9.17) is 0 Å². The number of aromatic nitrogens is 4. The van der Waals surface area contributed by atoms with Crippen LogP contribution in [0.1, 0.15) is 0 Å². The van der Waals surface area contributed by atoms with Crippen LogP contribution in [0, 0.1) is 0 Å². The molecule has 19 aromatic rings. The summed E-state index contributed by atoms with van der Waals surface area (Å²) in [5.74, 6) is 0. The number of fused-ring (bicyclic) bond motifs is 18. The van der Waals surface area contributed by atoms with E-state index >= 15 is 0 Å². The quantitative estimate of drug-likeness (QED) is 0.158. The number of rotatable bonds is 6. The summed E-state index contributed by atoms with van der Waals surface area (Å²) in [6, 6.07) is 104. The maximum atomic E-state index is 2.64. The van der Waals surface area contributed by atoms with Gasteiger partial charge in [-0.1, -0.05) is 206 Å². The molecule has 0 radical (unpaired) electrons. The van der Waals surface area contributed by atoms with Gasteiger partial charge in [0.15, 0.2) is 0 Å². The molecule has 0 N–H and O–H groups in total. The van der Waals surface area contributed by atoms with E-state index in [9.17, 15) is 0 Å². The second kappa shape index (κ2) is 16.3. The van der Waals surface area contributed by atoms with Crippen molar-refractivity contribution in [3.05, 3.63) is 279 Å². The summed E-state index contributed by atoms with van der Waals surface area (Å²) in [5, 5.41) is 15.1. The second-order valence-corrected chi connectivity index (χ2v) is 22.2. The van der Waals surface area contributed by atoms with Crippen molar-refractivity contribution in [2.45, 2.75) is 0 Å². The van der Waals surface area contributed by atoms with Gasteiger partial charge in [0, 0.05) is 87.1 Å². The lowest BCUT2D eigenvalue weighted by Gasteiger charge is -2.16. The van der Waals surface area contributed by atoms with Gasteiger partial charge in [0.05, 0.1) is 55.2 Å². The Morgan fingerprint density at radius 3 is 0.951 bits per heavy atom. The monoisotopic (exact) mass is 1040 g/mol. The lowest BCUT2D eigenvalue weighted by Crippen LogP contribution is -1.93. The Labute approximate surface area is 470 Å². The SMILES string of the molecule is c1ccc(-c2c3c4ccc(-c5ccc6c(c5)c5ccccc5n6-c5ccccc5)c5c6ccccc6n(c3c(-c3ccccc3)c3c6ccc(-c7ccc8c(c7)c7ccccc7n8-c7ccccc7)c7c8ccccc8n(c23)c67)c45)cc1. The summed E-state index contributed by atoms with van der Waals surface area (Å²) in [4.78, 5) is 0. The van der Waals surface area contributed by atoms with Crippen molar-refractivity contribution in [3.63, 3.8) is 0 Å². The lowest BCUT2D eigenvalue weighted by atomic mass is 9.88. The first-order valence-electron chi connectivity index (χ1n) is 28.4. The van der Waals surface area contributed by atoms with Crippen molar-refractivity contribution < 1.29 is 0 Å². The van der Waals surface area contributed by atoms with Gasteiger partial charge >= 0.3 is 0 Å². The topological polar surface area (TPSA) is 18.7 Å². The highest BCUT2D eigenvalue weighted by Gasteiger charge is 2.32. The molecule has 19 rings (SSSR count). The zero-order valence-electron chi connectivity index (χ0n) is 44.3. The third kappa shape index (κ3) is 5.69. The van der Waals surface area contributed by atoms with Crippen LogP contribution in [0.5, 0.6) is 0 Å². The molecule has 82 heavy (non-hydrogen) atoms. The smallest absolute Gasteiger partial charge is 0.0634 e. The average Bonchev–Trinajstić information content (AvgIpc) is 3.65. The molecule has 13 aromatic carbocycles. The molecule has 0 amide bonds. The van der Waals surface area contributed by atoms with Crippen molar-refractivity contribution in [1.82, 2.24) is 17.9 Å². The first kappa shape index (κ1) is 44.0. The Bertz CT molecular complexity index is 5480. The van der Waals surface area contributed by atoms with Gasteiger partial charge in [0.25, 0.3) is 0 Å². The van der Waals surface area contributed by atoms with Crippen LogP contribution in [0.2, 0.25) is 0 Å². The number of hydrogen-bond acceptors (Lipinski definition) is 0. The summed E-state index contributed by atoms with van der Waals surface area (Å²) in [6.45, 7) is 0. The van der Waals surface area contributed by atoms with E-state index in [1.807, 2.05) is 0 Å². The molecule has 0 aliphatic heterocycles. The Balaban J connectivity index is 0.954. The van der Waals surface area contributed by atoms with Crippen LogP contribution >= 0.6 is 0 Å². The van der Waals surface area contributed by atoms with E-state index < -0.39 is 0 Å². The fourth-order valence-corrected chi connectivity index (χ4v) is 15.0. The molecule has 0 atom stereocenters. The van der Waals surface area contributed by atoms with Crippen molar-refractivity contribution in [3.8, 4) is 55.9 Å². The molecule has 6 heterocycles. The van der Waals surface area contributed by atoms with Crippen molar-refractivity contribution in [1.29, 1.82) is 0 Å². The van der Waals surface area contributed by atoms with E-state index in [0.29, 0.717) is 0 Å². The standard InChI is InChI=1S/C78H46N4/c1-5-21-47(22-6-1)69-73-59-41-39-53(49-37-43-67-61(45-49)55-29-13-17-33-63(55)79(67)51-25-9-3-10-26-51)71-58-32-16-20-36-66(58)82(75(59)71)78(73)70(48-23-7-2-8-24-48)74-60-42-40-54(72-57-31-15-19-35-65(57)81(76(60)72)77(69)74)50-38-44-68-62(46-50)56-30-14-18-34-64(56)80(68)52-27-11-4-12-28-52/h1-46H. The molecule has 0 bridgehead atoms. The number of para-hydroxylation sites is 6. The highest BCUT2D eigenvalue weighted by atomic mass is 15.0. The van der Waals surface area contributed by atoms with Crippen LogP contribution in [0.3, 0.4) is 0 Å². The average molecular weight is 1040 g/mol. The normalized spacial score (nSPS) is 12.4. The molecule has 0 fully saturated rings. The van der Waals surface area contributed by atoms with Crippen LogP contribution in [-0.2, 0) is 0 Å². The van der Waals surface area contributed by atoms with E-state index in [1.54, 1.807) is 0 Å². The molecule has 0 aliphatic carbocycles. The molecule has 0 aliphatic rings. The third-order valence-corrected chi connectivity index (χ3v) is 18.2. The molecule has 4 nitrogen and oxygen atoms in total. The van der Waals surface area contributed by atoms with Crippen LogP contribution in [0.25, 0.3) is 176 Å². The summed E-state index contributed by atoms with van der Waals surface area (Å²) >= 11 is 0. The van der Waals surface area contributed by atoms with Crippen LogP contribution in [0.15, 0.2) is 279 Å². The van der Waals surface area contributed by atoms with Gasteiger partial charge in [-0.3, -0.25) is 0 Å². The summed E-state index contributed by atoms with van der Waals surface area (Å²) in [6.07, 6.45) is 0. The van der Waals surface area contributed by atoms with Crippen molar-refractivity contribution >= 4 is 120 Å². The Morgan fingerprint density at radius 1 is 0.195 bits per heavy atom. The maximum Gasteiger partial charge on any atom is 0.0634 e. The van der Waals surface area contributed by atoms with Gasteiger partial charge in [-0.05, 0) is 106 Å². The van der Waals surface area contributed by atoms with E-state index in [1.165, 1.54) is 164 Å². The third-order valence-electron chi connectivity index (χ3n) is 18.2. The molecule has 6 aromatic heterocycles. The van der Waals surface area contributed by atoms with Gasteiger partial charge < -0.3 is 17.9 Å². The minimum absolute atomic E-state index is 1.16. The molecular weight excluding hydrogens is 993 g/mol. The highest BCUT2D eigenvalue weighted by Crippen LogP contribution is 2.56. The van der Waals surface area contributed by atoms with E-state index in [-0.39, 0.29) is 0 Å². The Kier molecular flexibility index (Phi) is 8.76. The van der Waals surface area contributed by atoms with E-state index in [2.05, 4.69) is 297 Å². The first-order chi connectivity index (χ1) is 40.8. The van der Waals surface area contributed by atoms with Gasteiger partial charge in [0.1, 0.15) is 0 Å². The van der Waals surface area contributed by atoms with E-state index in [0.717, 1.165) is 11.4 Å². The maximum absolute atomic E-state index is 2.64. The van der Waals surface area contributed by atoms with Gasteiger partial charge in [-0.25, -0.2) is 0 Å². The Hall–Kier alpha value is -10.9. The van der Waals surface area contributed by atoms with Crippen LogP contribution in [0.4, 0.5) is 0 Å². The number of benzene rings is 13. The molecule has 4 heteroatoms. The molecule has 378 valence electrons. The first-order valence-corrected chi connectivity index (χ1v) is 28.4. The van der Waals surface area contributed by atoms with Crippen LogP contribution < -0.4 is 0 Å². The van der Waals surface area contributed by atoms with Crippen molar-refractivity contribution in [2.75, 3.05) is 0 Å². The predicted molar refractivity (Wildman–Crippen MR) is 346 cm³/mol. The largest absolute Gasteiger partial charge is 0.309 e. The van der Waals surface area contributed by atoms with Gasteiger partial charge in [-0.2, -0.15) is 0 Å². The fraction of sp³-hybridized carbons (Fsp3) is 0. The number of hydrogen-bond donors (Lipinski definition) is 0. The van der Waals surface area contributed by atoms with Crippen molar-refractivity contribution in [2.24, 2.45) is 0 Å². The molecule has 0 unspecified atom stereocenters. The van der Waals surface area contributed by atoms with Crippen LogP contribution in [-0.4, -0.2) is 17.9 Å². The summed E-state index contributed by atoms with van der Waals surface area (Å²) in [5.41, 5.74) is 24.3. The number of nitrogens with zero attached hydrogens (tertiary/aromatic N) is 4. The molecule has 0 saturated heterocycles. The summed E-state index contributed by atoms with van der Waals surface area (Å²) < 4.78 is 10.1. The minimum Gasteiger partial charge on any atom is -0.309 e. The van der Waals surface area contributed by atoms with Gasteiger partial charge in [0.2, 0.25) is 0 Å². The zero-order valence-corrected chi connectivity index (χ0v) is 44.3. The second-order valence-electron chi connectivity index (χ2n) is 22.2.